The molecule has 0 atom stereocenters. The number of fused-ring (bicyclic) bond motifs is 1. The second-order valence-corrected chi connectivity index (χ2v) is 8.03. The van der Waals surface area contributed by atoms with Gasteiger partial charge in [-0.3, -0.25) is 0 Å². The first kappa shape index (κ1) is 17.6. The van der Waals surface area contributed by atoms with Crippen LogP contribution in [0.1, 0.15) is 49.6 Å². The van der Waals surface area contributed by atoms with Gasteiger partial charge in [0.15, 0.2) is 5.76 Å². The monoisotopic (exact) mass is 363 g/mol. The van der Waals surface area contributed by atoms with E-state index in [-0.39, 0.29) is 11.4 Å². The Morgan fingerprint density at radius 3 is 2.67 bits per heavy atom. The number of amides is 2. The highest BCUT2D eigenvalue weighted by Gasteiger charge is 2.32. The lowest BCUT2D eigenvalue weighted by molar-refractivity contribution is 0.249. The highest BCUT2D eigenvalue weighted by Crippen LogP contribution is 2.44. The van der Waals surface area contributed by atoms with E-state index in [1.807, 2.05) is 19.1 Å². The van der Waals surface area contributed by atoms with E-state index in [4.69, 9.17) is 4.52 Å². The van der Waals surface area contributed by atoms with E-state index in [1.54, 1.807) is 0 Å². The smallest absolute Gasteiger partial charge is 0.319 e. The van der Waals surface area contributed by atoms with Crippen LogP contribution in [0.2, 0.25) is 0 Å². The first-order valence-electron chi connectivity index (χ1n) is 9.44. The molecule has 3 aromatic rings. The van der Waals surface area contributed by atoms with E-state index in [0.29, 0.717) is 12.5 Å². The van der Waals surface area contributed by atoms with Gasteiger partial charge in [-0.15, -0.1) is 0 Å². The highest BCUT2D eigenvalue weighted by molar-refractivity contribution is 5.90. The average Bonchev–Trinajstić information content (AvgIpc) is 3.44. The second-order valence-electron chi connectivity index (χ2n) is 8.03. The van der Waals surface area contributed by atoms with Crippen molar-refractivity contribution >= 4 is 22.5 Å². The van der Waals surface area contributed by atoms with Crippen molar-refractivity contribution in [3.05, 3.63) is 59.5 Å². The van der Waals surface area contributed by atoms with Crippen LogP contribution in [0.25, 0.3) is 10.8 Å². The fourth-order valence-electron chi connectivity index (χ4n) is 3.33. The molecule has 0 unspecified atom stereocenters. The third kappa shape index (κ3) is 3.68. The van der Waals surface area contributed by atoms with Crippen molar-refractivity contribution < 1.29 is 9.32 Å². The number of aromatic nitrogens is 1. The van der Waals surface area contributed by atoms with Crippen molar-refractivity contribution in [2.24, 2.45) is 0 Å². The lowest BCUT2D eigenvalue weighted by atomic mass is 9.83. The van der Waals surface area contributed by atoms with Gasteiger partial charge in [-0.1, -0.05) is 61.5 Å². The molecule has 0 radical (unpaired) electrons. The molecule has 0 saturated heterocycles. The molecule has 0 bridgehead atoms. The van der Waals surface area contributed by atoms with Crippen LogP contribution in [0.4, 0.5) is 10.5 Å². The third-order valence-corrected chi connectivity index (χ3v) is 5.30. The van der Waals surface area contributed by atoms with Crippen molar-refractivity contribution in [1.29, 1.82) is 0 Å². The van der Waals surface area contributed by atoms with E-state index in [1.165, 1.54) is 16.3 Å². The maximum Gasteiger partial charge on any atom is 0.319 e. The van der Waals surface area contributed by atoms with Crippen LogP contribution in [0.5, 0.6) is 0 Å². The maximum absolute atomic E-state index is 12.5. The molecule has 1 aromatic heterocycles. The summed E-state index contributed by atoms with van der Waals surface area (Å²) < 4.78 is 5.38. The molecule has 0 aliphatic heterocycles. The Bertz CT molecular complexity index is 986. The summed E-state index contributed by atoms with van der Waals surface area (Å²) in [7, 11) is 0. The number of aryl methyl sites for hydroxylation is 1. The van der Waals surface area contributed by atoms with Gasteiger partial charge in [-0.05, 0) is 36.1 Å². The van der Waals surface area contributed by atoms with Crippen molar-refractivity contribution in [1.82, 2.24) is 10.5 Å². The molecule has 2 aromatic carbocycles. The number of hydrogen-bond acceptors (Lipinski definition) is 3. The van der Waals surface area contributed by atoms with Crippen molar-refractivity contribution in [2.45, 2.75) is 44.9 Å². The molecule has 1 aliphatic rings. The molecule has 0 spiro atoms. The minimum atomic E-state index is -0.225. The Labute approximate surface area is 159 Å². The van der Waals surface area contributed by atoms with Crippen LogP contribution in [-0.2, 0) is 5.41 Å². The molecule has 1 saturated carbocycles. The Morgan fingerprint density at radius 1 is 1.19 bits per heavy atom. The third-order valence-electron chi connectivity index (χ3n) is 5.30. The molecule has 2 N–H and O–H groups in total. The first-order chi connectivity index (χ1) is 12.9. The highest BCUT2D eigenvalue weighted by atomic mass is 16.5. The first-order valence-corrected chi connectivity index (χ1v) is 9.44. The topological polar surface area (TPSA) is 67.2 Å². The lowest BCUT2D eigenvalue weighted by Gasteiger charge is -2.26. The number of rotatable bonds is 5. The van der Waals surface area contributed by atoms with E-state index >= 15 is 0 Å². The van der Waals surface area contributed by atoms with Gasteiger partial charge in [-0.25, -0.2) is 4.79 Å². The van der Waals surface area contributed by atoms with Crippen LogP contribution in [0, 0.1) is 6.92 Å². The Hall–Kier alpha value is -2.82. The number of hydrogen-bond donors (Lipinski definition) is 2. The van der Waals surface area contributed by atoms with Gasteiger partial charge in [0.25, 0.3) is 0 Å². The molecule has 27 heavy (non-hydrogen) atoms. The minimum absolute atomic E-state index is 0.190. The predicted molar refractivity (Wildman–Crippen MR) is 107 cm³/mol. The second kappa shape index (κ2) is 6.72. The van der Waals surface area contributed by atoms with Gasteiger partial charge < -0.3 is 15.2 Å². The lowest BCUT2D eigenvalue weighted by Crippen LogP contribution is -2.39. The van der Waals surface area contributed by atoms with E-state index in [9.17, 15) is 4.79 Å². The molecule has 2 amide bonds. The number of anilines is 1. The molecular weight excluding hydrogens is 338 g/mol. The molecule has 1 heterocycles. The van der Waals surface area contributed by atoms with Gasteiger partial charge in [0.2, 0.25) is 0 Å². The zero-order valence-corrected chi connectivity index (χ0v) is 16.0. The van der Waals surface area contributed by atoms with E-state index in [2.05, 4.69) is 60.0 Å². The van der Waals surface area contributed by atoms with Crippen LogP contribution in [0.15, 0.2) is 47.0 Å². The summed E-state index contributed by atoms with van der Waals surface area (Å²) in [5, 5.41) is 12.4. The van der Waals surface area contributed by atoms with Gasteiger partial charge in [0.05, 0.1) is 0 Å². The molecular formula is C22H25N3O2. The Kier molecular flexibility index (Phi) is 4.38. The van der Waals surface area contributed by atoms with Crippen LogP contribution in [-0.4, -0.2) is 17.7 Å². The number of urea groups is 1. The Balaban J connectivity index is 1.43. The molecule has 4 rings (SSSR count). The van der Waals surface area contributed by atoms with Crippen molar-refractivity contribution in [2.75, 3.05) is 11.9 Å². The number of benzene rings is 2. The largest absolute Gasteiger partial charge is 0.359 e. The summed E-state index contributed by atoms with van der Waals surface area (Å²) in [6.45, 7) is 6.65. The zero-order valence-electron chi connectivity index (χ0n) is 16.0. The molecule has 1 fully saturated rings. The number of nitrogens with zero attached hydrogens (tertiary/aromatic N) is 1. The molecule has 140 valence electrons. The van der Waals surface area contributed by atoms with Gasteiger partial charge in [0.1, 0.15) is 11.4 Å². The normalized spacial score (nSPS) is 14.3. The number of nitrogens with one attached hydrogen (secondary N) is 2. The fourth-order valence-corrected chi connectivity index (χ4v) is 3.33. The number of carbonyl (C=O) groups is 1. The number of carbonyl (C=O) groups excluding carboxylic acids is 1. The molecule has 5 heteroatoms. The summed E-state index contributed by atoms with van der Waals surface area (Å²) in [4.78, 5) is 12.5. The van der Waals surface area contributed by atoms with Crippen LogP contribution >= 0.6 is 0 Å². The quantitative estimate of drug-likeness (QED) is 0.662. The average molecular weight is 363 g/mol. The van der Waals surface area contributed by atoms with Crippen LogP contribution < -0.4 is 10.6 Å². The zero-order chi connectivity index (χ0) is 19.0. The summed E-state index contributed by atoms with van der Waals surface area (Å²) in [6, 6.07) is 14.6. The van der Waals surface area contributed by atoms with Crippen molar-refractivity contribution in [3.8, 4) is 0 Å². The Morgan fingerprint density at radius 2 is 1.93 bits per heavy atom. The van der Waals surface area contributed by atoms with Gasteiger partial charge in [0, 0.05) is 17.9 Å². The van der Waals surface area contributed by atoms with Gasteiger partial charge in [-0.2, -0.15) is 0 Å². The summed E-state index contributed by atoms with van der Waals surface area (Å²) in [5.74, 6) is 1.20. The fraction of sp³-hybridized carbons (Fsp3) is 0.364. The summed E-state index contributed by atoms with van der Waals surface area (Å²) >= 11 is 0. The SMILES string of the molecule is Cc1noc(C2CC2)c1NC(=O)NCC(C)(C)c1ccc2ccccc2c1. The van der Waals surface area contributed by atoms with E-state index < -0.39 is 0 Å². The van der Waals surface area contributed by atoms with Crippen LogP contribution in [0.3, 0.4) is 0 Å². The molecule has 1 aliphatic carbocycles. The van der Waals surface area contributed by atoms with Gasteiger partial charge >= 0.3 is 6.03 Å². The van der Waals surface area contributed by atoms with E-state index in [0.717, 1.165) is 30.0 Å². The predicted octanol–water partition coefficient (Wildman–Crippen LogP) is 5.11. The maximum atomic E-state index is 12.5. The summed E-state index contributed by atoms with van der Waals surface area (Å²) in [6.07, 6.45) is 2.19. The minimum Gasteiger partial charge on any atom is -0.359 e. The molecule has 5 nitrogen and oxygen atoms in total. The van der Waals surface area contributed by atoms with Crippen molar-refractivity contribution in [3.63, 3.8) is 0 Å². The standard InChI is InChI=1S/C22H25N3O2/c1-14-19(20(27-25-14)16-8-9-16)24-21(26)23-13-22(2,3)18-11-10-15-6-4-5-7-17(15)12-18/h4-7,10-12,16H,8-9,13H2,1-3H3,(H2,23,24,26). The summed E-state index contributed by atoms with van der Waals surface area (Å²) in [5.41, 5.74) is 2.45.